The number of rotatable bonds is 0. The van der Waals surface area contributed by atoms with E-state index in [2.05, 4.69) is 62.2 Å². The zero-order valence-electron chi connectivity index (χ0n) is 8.84. The van der Waals surface area contributed by atoms with E-state index in [9.17, 15) is 0 Å². The maximum Gasteiger partial charge on any atom is 0.105 e. The number of piperidine rings is 1. The van der Waals surface area contributed by atoms with Crippen molar-refractivity contribution in [2.45, 2.75) is 25.8 Å². The molecule has 3 rings (SSSR count). The average molecular weight is 438 g/mol. The van der Waals surface area contributed by atoms with Crippen molar-refractivity contribution >= 4 is 56.7 Å². The second-order valence-corrected chi connectivity index (χ2v) is 6.70. The van der Waals surface area contributed by atoms with E-state index >= 15 is 0 Å². The van der Waals surface area contributed by atoms with Crippen LogP contribution in [0, 0.1) is 7.14 Å². The molecule has 0 N–H and O–H groups in total. The molecule has 4 heteroatoms. The van der Waals surface area contributed by atoms with Gasteiger partial charge in [-0.2, -0.15) is 0 Å². The summed E-state index contributed by atoms with van der Waals surface area (Å²) in [7, 11) is 0. The lowest BCUT2D eigenvalue weighted by Crippen LogP contribution is -2.36. The Kier molecular flexibility index (Phi) is 3.12. The Bertz CT molecular complexity index is 468. The predicted octanol–water partition coefficient (Wildman–Crippen LogP) is 3.93. The van der Waals surface area contributed by atoms with Crippen LogP contribution in [-0.2, 0) is 6.54 Å². The molecule has 0 atom stereocenters. The van der Waals surface area contributed by atoms with Gasteiger partial charge in [-0.25, -0.2) is 4.99 Å². The summed E-state index contributed by atoms with van der Waals surface area (Å²) in [5.41, 5.74) is 2.61. The van der Waals surface area contributed by atoms with Crippen LogP contribution in [0.4, 0.5) is 5.69 Å². The van der Waals surface area contributed by atoms with E-state index in [1.54, 1.807) is 0 Å². The van der Waals surface area contributed by atoms with Crippen LogP contribution in [0.1, 0.15) is 24.8 Å². The van der Waals surface area contributed by atoms with Crippen LogP contribution in [0.25, 0.3) is 0 Å². The molecule has 16 heavy (non-hydrogen) atoms. The van der Waals surface area contributed by atoms with E-state index in [0.29, 0.717) is 0 Å². The molecule has 1 saturated heterocycles. The number of nitrogens with zero attached hydrogens (tertiary/aromatic N) is 2. The fourth-order valence-electron chi connectivity index (χ4n) is 2.35. The van der Waals surface area contributed by atoms with Gasteiger partial charge in [0, 0.05) is 32.2 Å². The van der Waals surface area contributed by atoms with E-state index in [4.69, 9.17) is 4.99 Å². The molecule has 0 aromatic heterocycles. The topological polar surface area (TPSA) is 15.6 Å². The highest BCUT2D eigenvalue weighted by Crippen LogP contribution is 2.34. The molecule has 2 nitrogen and oxygen atoms in total. The highest BCUT2D eigenvalue weighted by molar-refractivity contribution is 14.1. The van der Waals surface area contributed by atoms with Crippen molar-refractivity contribution in [1.29, 1.82) is 0 Å². The predicted molar refractivity (Wildman–Crippen MR) is 83.2 cm³/mol. The Labute approximate surface area is 123 Å². The third-order valence-electron chi connectivity index (χ3n) is 3.18. The Hall–Kier alpha value is 0.150. The average Bonchev–Trinajstić information content (AvgIpc) is 2.27. The van der Waals surface area contributed by atoms with E-state index in [0.717, 1.165) is 13.0 Å². The summed E-state index contributed by atoms with van der Waals surface area (Å²) in [6.07, 6.45) is 3.77. The fourth-order valence-corrected chi connectivity index (χ4v) is 4.33. The second kappa shape index (κ2) is 4.44. The summed E-state index contributed by atoms with van der Waals surface area (Å²) < 4.78 is 2.64. The monoisotopic (exact) mass is 438 g/mol. The molecule has 2 heterocycles. The Morgan fingerprint density at radius 2 is 2.06 bits per heavy atom. The molecule has 0 radical (unpaired) electrons. The Balaban J connectivity index is 2.09. The van der Waals surface area contributed by atoms with Gasteiger partial charge in [0.1, 0.15) is 5.84 Å². The fraction of sp³-hybridized carbons (Fsp3) is 0.417. The number of amidine groups is 1. The first-order chi connectivity index (χ1) is 7.74. The zero-order chi connectivity index (χ0) is 11.1. The lowest BCUT2D eigenvalue weighted by Gasteiger charge is -2.34. The number of benzene rings is 1. The van der Waals surface area contributed by atoms with Gasteiger partial charge in [-0.15, -0.1) is 0 Å². The van der Waals surface area contributed by atoms with Gasteiger partial charge < -0.3 is 4.90 Å². The summed E-state index contributed by atoms with van der Waals surface area (Å²) in [5.74, 6) is 1.30. The van der Waals surface area contributed by atoms with Gasteiger partial charge in [0.15, 0.2) is 0 Å². The SMILES string of the molecule is Ic1cc(I)c2c(c1)N=C1CCCCN1C2. The highest BCUT2D eigenvalue weighted by Gasteiger charge is 2.23. The van der Waals surface area contributed by atoms with Gasteiger partial charge in [0.25, 0.3) is 0 Å². The first kappa shape index (κ1) is 11.3. The van der Waals surface area contributed by atoms with Crippen molar-refractivity contribution in [3.63, 3.8) is 0 Å². The lowest BCUT2D eigenvalue weighted by molar-refractivity contribution is 0.358. The van der Waals surface area contributed by atoms with Crippen LogP contribution < -0.4 is 0 Å². The molecule has 0 amide bonds. The third-order valence-corrected chi connectivity index (χ3v) is 4.76. The number of hydrogen-bond acceptors (Lipinski definition) is 2. The first-order valence-electron chi connectivity index (χ1n) is 5.54. The van der Waals surface area contributed by atoms with Crippen LogP contribution in [-0.4, -0.2) is 17.3 Å². The molecule has 0 aliphatic carbocycles. The lowest BCUT2D eigenvalue weighted by atomic mass is 10.0. The van der Waals surface area contributed by atoms with Crippen molar-refractivity contribution in [3.8, 4) is 0 Å². The van der Waals surface area contributed by atoms with Crippen molar-refractivity contribution in [2.24, 2.45) is 4.99 Å². The summed E-state index contributed by atoms with van der Waals surface area (Å²) in [6.45, 7) is 2.24. The zero-order valence-corrected chi connectivity index (χ0v) is 13.2. The second-order valence-electron chi connectivity index (χ2n) is 4.29. The number of aliphatic imine (C=N–C) groups is 1. The minimum absolute atomic E-state index is 1.06. The quantitative estimate of drug-likeness (QED) is 0.561. The van der Waals surface area contributed by atoms with E-state index in [1.807, 2.05) is 0 Å². The number of fused-ring (bicyclic) bond motifs is 2. The van der Waals surface area contributed by atoms with Crippen molar-refractivity contribution in [1.82, 2.24) is 4.90 Å². The molecule has 1 aromatic rings. The van der Waals surface area contributed by atoms with Crippen molar-refractivity contribution < 1.29 is 0 Å². The van der Waals surface area contributed by atoms with Gasteiger partial charge in [0.05, 0.1) is 5.69 Å². The molecule has 0 unspecified atom stereocenters. The number of halogens is 2. The molecule has 1 fully saturated rings. The molecular weight excluding hydrogens is 426 g/mol. The minimum Gasteiger partial charge on any atom is -0.356 e. The summed E-state index contributed by atoms with van der Waals surface area (Å²) >= 11 is 4.80. The molecule has 2 aliphatic rings. The summed E-state index contributed by atoms with van der Waals surface area (Å²) in [5, 5.41) is 0. The smallest absolute Gasteiger partial charge is 0.105 e. The van der Waals surface area contributed by atoms with Crippen LogP contribution in [0.3, 0.4) is 0 Å². The molecule has 1 aromatic carbocycles. The minimum atomic E-state index is 1.06. The maximum absolute atomic E-state index is 4.82. The standard InChI is InChI=1S/C12H12I2N2/c13-8-5-10(14)9-7-16-4-2-1-3-12(16)15-11(9)6-8/h5-6H,1-4,7H2. The first-order valence-corrected chi connectivity index (χ1v) is 7.70. The van der Waals surface area contributed by atoms with Gasteiger partial charge >= 0.3 is 0 Å². The molecule has 0 saturated carbocycles. The van der Waals surface area contributed by atoms with Gasteiger partial charge in [-0.1, -0.05) is 0 Å². The summed E-state index contributed by atoms with van der Waals surface area (Å²) in [4.78, 5) is 7.27. The van der Waals surface area contributed by atoms with Crippen LogP contribution >= 0.6 is 45.2 Å². The normalized spacial score (nSPS) is 18.9. The van der Waals surface area contributed by atoms with E-state index in [-0.39, 0.29) is 0 Å². The third kappa shape index (κ3) is 1.98. The molecule has 0 bridgehead atoms. The Morgan fingerprint density at radius 3 is 2.94 bits per heavy atom. The van der Waals surface area contributed by atoms with Crippen molar-refractivity contribution in [2.75, 3.05) is 6.54 Å². The van der Waals surface area contributed by atoms with Crippen molar-refractivity contribution in [3.05, 3.63) is 24.8 Å². The van der Waals surface area contributed by atoms with E-state index < -0.39 is 0 Å². The number of hydrogen-bond donors (Lipinski definition) is 0. The maximum atomic E-state index is 4.82. The molecular formula is C12H12I2N2. The Morgan fingerprint density at radius 1 is 1.19 bits per heavy atom. The van der Waals surface area contributed by atoms with Crippen LogP contribution in [0.5, 0.6) is 0 Å². The van der Waals surface area contributed by atoms with E-state index in [1.165, 1.54) is 43.6 Å². The molecule has 2 aliphatic heterocycles. The molecule has 84 valence electrons. The highest BCUT2D eigenvalue weighted by atomic mass is 127. The van der Waals surface area contributed by atoms with Crippen LogP contribution in [0.15, 0.2) is 17.1 Å². The largest absolute Gasteiger partial charge is 0.356 e. The van der Waals surface area contributed by atoms with Crippen LogP contribution in [0.2, 0.25) is 0 Å². The molecule has 0 spiro atoms. The summed E-state index contributed by atoms with van der Waals surface area (Å²) in [6, 6.07) is 4.45. The van der Waals surface area contributed by atoms with Gasteiger partial charge in [-0.3, -0.25) is 0 Å². The van der Waals surface area contributed by atoms with Gasteiger partial charge in [0.2, 0.25) is 0 Å². The van der Waals surface area contributed by atoms with Gasteiger partial charge in [-0.05, 0) is 70.2 Å².